The topological polar surface area (TPSA) is 0 Å². The third-order valence-electron chi connectivity index (χ3n) is 18.1. The van der Waals surface area contributed by atoms with Crippen molar-refractivity contribution < 1.29 is 0 Å². The van der Waals surface area contributed by atoms with Gasteiger partial charge in [-0.25, -0.2) is 0 Å². The normalized spacial score (nSPS) is 23.8. The van der Waals surface area contributed by atoms with E-state index in [0.29, 0.717) is 0 Å². The molecule has 15 rings (SSSR count). The summed E-state index contributed by atoms with van der Waals surface area (Å²) >= 11 is 0. The Bertz CT molecular complexity index is 3940. The molecule has 3 aliphatic carbocycles. The third kappa shape index (κ3) is 3.21. The van der Waals surface area contributed by atoms with E-state index in [1.165, 1.54) is 97.0 Å². The lowest BCUT2D eigenvalue weighted by Gasteiger charge is -2.53. The van der Waals surface area contributed by atoms with Gasteiger partial charge < -0.3 is 0 Å². The number of benzene rings is 12. The van der Waals surface area contributed by atoms with Gasteiger partial charge in [0.2, 0.25) is 0 Å². The molecule has 0 heteroatoms. The molecule has 0 aliphatic heterocycles. The van der Waals surface area contributed by atoms with Gasteiger partial charge in [0.15, 0.2) is 0 Å². The van der Waals surface area contributed by atoms with Gasteiger partial charge in [-0.2, -0.15) is 0 Å². The maximum atomic E-state index is 2.81. The minimum absolute atomic E-state index is 0.0812. The van der Waals surface area contributed by atoms with E-state index in [-0.39, 0.29) is 21.7 Å². The van der Waals surface area contributed by atoms with Gasteiger partial charge in [-0.1, -0.05) is 174 Å². The van der Waals surface area contributed by atoms with Gasteiger partial charge >= 0.3 is 0 Å². The Kier molecular flexibility index (Phi) is 6.12. The summed E-state index contributed by atoms with van der Waals surface area (Å²) in [6.07, 6.45) is 6.89. The first-order valence-electron chi connectivity index (χ1n) is 23.6. The van der Waals surface area contributed by atoms with E-state index in [9.17, 15) is 0 Å². The maximum Gasteiger partial charge on any atom is 0.0286 e. The second-order valence-electron chi connectivity index (χ2n) is 20.0. The van der Waals surface area contributed by atoms with Crippen LogP contribution in [0, 0.1) is 5.41 Å². The zero-order chi connectivity index (χ0) is 41.1. The van der Waals surface area contributed by atoms with E-state index in [1.54, 1.807) is 33.4 Å². The summed E-state index contributed by atoms with van der Waals surface area (Å²) in [7, 11) is 0. The minimum atomic E-state index is -0.145. The van der Waals surface area contributed by atoms with E-state index < -0.39 is 0 Å². The summed E-state index contributed by atoms with van der Waals surface area (Å²) in [5.41, 5.74) is 9.18. The molecule has 0 saturated heterocycles. The first-order chi connectivity index (χ1) is 30.5. The lowest BCUT2D eigenvalue weighted by Crippen LogP contribution is -2.54. The number of fused-ring (bicyclic) bond motifs is 17. The Morgan fingerprint density at radius 1 is 0.274 bits per heavy atom. The minimum Gasteiger partial charge on any atom is -0.0653 e. The SMILES string of the molecule is CCCC12c3ccccc3[C@@]3(CCC)c4cc5c(cc4[C@@](CCC)(c4ccccc41)[C@@]23C)c1cc2c3ccccc3c3cccc4c6cccc7c8cccc5c8c1c(c67)c2c34. The molecule has 1 unspecified atom stereocenters. The van der Waals surface area contributed by atoms with Crippen molar-refractivity contribution in [1.29, 1.82) is 0 Å². The fourth-order valence-corrected chi connectivity index (χ4v) is 16.7. The number of hydrogen-bond donors (Lipinski definition) is 0. The van der Waals surface area contributed by atoms with E-state index in [0.717, 1.165) is 38.5 Å². The van der Waals surface area contributed by atoms with Crippen molar-refractivity contribution in [3.05, 3.63) is 179 Å². The Morgan fingerprint density at radius 3 is 1.02 bits per heavy atom. The average Bonchev–Trinajstić information content (AvgIpc) is 3.72. The number of hydrogen-bond acceptors (Lipinski definition) is 0. The molecule has 62 heavy (non-hydrogen) atoms. The highest BCUT2D eigenvalue weighted by Gasteiger charge is 2.82. The van der Waals surface area contributed by atoms with Crippen molar-refractivity contribution >= 4 is 97.0 Å². The molecule has 0 spiro atoms. The lowest BCUT2D eigenvalue weighted by atomic mass is 9.48. The highest BCUT2D eigenvalue weighted by molar-refractivity contribution is 6.52. The molecular weight excluding hydrogens is 745 g/mol. The van der Waals surface area contributed by atoms with Crippen molar-refractivity contribution in [2.45, 2.75) is 82.5 Å². The van der Waals surface area contributed by atoms with E-state index in [1.807, 2.05) is 0 Å². The summed E-state index contributed by atoms with van der Waals surface area (Å²) in [5.74, 6) is 0. The zero-order valence-corrected chi connectivity index (χ0v) is 36.1. The molecule has 0 fully saturated rings. The number of rotatable bonds is 6. The molecule has 0 radical (unpaired) electrons. The van der Waals surface area contributed by atoms with Crippen LogP contribution in [0.15, 0.2) is 146 Å². The highest BCUT2D eigenvalue weighted by Crippen LogP contribution is 2.85. The van der Waals surface area contributed by atoms with Gasteiger partial charge in [0.25, 0.3) is 0 Å². The monoisotopic (exact) mass is 792 g/mol. The smallest absolute Gasteiger partial charge is 0.0286 e. The Labute approximate surface area is 362 Å². The molecule has 3 aliphatic rings. The zero-order valence-electron chi connectivity index (χ0n) is 36.1. The van der Waals surface area contributed by atoms with Crippen LogP contribution in [0.2, 0.25) is 0 Å². The van der Waals surface area contributed by atoms with Gasteiger partial charge in [-0.15, -0.1) is 0 Å². The van der Waals surface area contributed by atoms with E-state index in [2.05, 4.69) is 173 Å². The van der Waals surface area contributed by atoms with Crippen LogP contribution in [-0.2, 0) is 16.2 Å². The predicted molar refractivity (Wildman–Crippen MR) is 266 cm³/mol. The van der Waals surface area contributed by atoms with Gasteiger partial charge in [-0.3, -0.25) is 0 Å². The quantitative estimate of drug-likeness (QED) is 0.116. The van der Waals surface area contributed by atoms with Crippen LogP contribution < -0.4 is 0 Å². The van der Waals surface area contributed by atoms with Crippen LogP contribution in [0.3, 0.4) is 0 Å². The summed E-state index contributed by atoms with van der Waals surface area (Å²) in [4.78, 5) is 0. The van der Waals surface area contributed by atoms with Crippen molar-refractivity contribution in [1.82, 2.24) is 0 Å². The van der Waals surface area contributed by atoms with Crippen LogP contribution in [-0.4, -0.2) is 0 Å². The molecule has 0 nitrogen and oxygen atoms in total. The highest BCUT2D eigenvalue weighted by atomic mass is 14.8. The fraction of sp³-hybridized carbons (Fsp3) is 0.226. The summed E-state index contributed by atoms with van der Waals surface area (Å²) in [6, 6.07) is 58.5. The van der Waals surface area contributed by atoms with Crippen LogP contribution >= 0.6 is 0 Å². The fourth-order valence-electron chi connectivity index (χ4n) is 16.7. The molecule has 296 valence electrons. The summed E-state index contributed by atoms with van der Waals surface area (Å²) < 4.78 is 0. The van der Waals surface area contributed by atoms with Crippen LogP contribution in [0.4, 0.5) is 0 Å². The molecule has 12 aromatic carbocycles. The van der Waals surface area contributed by atoms with Crippen molar-refractivity contribution in [3.63, 3.8) is 0 Å². The van der Waals surface area contributed by atoms with Crippen molar-refractivity contribution in [3.8, 4) is 0 Å². The molecule has 0 bridgehead atoms. The first kappa shape index (κ1) is 34.4. The van der Waals surface area contributed by atoms with Crippen LogP contribution in [0.25, 0.3) is 97.0 Å². The van der Waals surface area contributed by atoms with E-state index >= 15 is 0 Å². The van der Waals surface area contributed by atoms with Gasteiger partial charge in [0.1, 0.15) is 0 Å². The van der Waals surface area contributed by atoms with Crippen molar-refractivity contribution in [2.75, 3.05) is 0 Å². The van der Waals surface area contributed by atoms with Crippen LogP contribution in [0.5, 0.6) is 0 Å². The standard InChI is InChI=1S/C62H48/c1-5-29-60-47-25-10-12-27-49(47)61(30-6-2)51-33-43-42-24-16-21-39-41-23-15-22-40-38-20-14-19-37-35-17-8-9-18-36(35)45-32-46(57(54(39)42)58(55(40)41)56(45)53(37)38)44(43)34-52(51)62(31-7-3,59(60,61)4)50-28-13-11-26-48(50)60/h8-28,32-34H,5-7,29-31H2,1-4H3/t59-,60?,61-,62+/m0/s1. The lowest BCUT2D eigenvalue weighted by molar-refractivity contribution is 0.0540. The Hall–Kier alpha value is -6.24. The Balaban J connectivity index is 1.23. The Morgan fingerprint density at radius 2 is 0.581 bits per heavy atom. The van der Waals surface area contributed by atoms with Gasteiger partial charge in [0, 0.05) is 21.7 Å². The first-order valence-corrected chi connectivity index (χ1v) is 23.6. The summed E-state index contributed by atoms with van der Waals surface area (Å²) in [6.45, 7) is 10.1. The summed E-state index contributed by atoms with van der Waals surface area (Å²) in [5, 5.41) is 25.3. The molecule has 0 heterocycles. The van der Waals surface area contributed by atoms with E-state index in [4.69, 9.17) is 0 Å². The van der Waals surface area contributed by atoms with Crippen LogP contribution in [0.1, 0.15) is 99.6 Å². The van der Waals surface area contributed by atoms with Crippen molar-refractivity contribution in [2.24, 2.45) is 5.41 Å². The molecular formula is C62H48. The van der Waals surface area contributed by atoms with Gasteiger partial charge in [0.05, 0.1) is 0 Å². The molecule has 0 saturated carbocycles. The molecule has 0 N–H and O–H groups in total. The molecule has 0 amide bonds. The largest absolute Gasteiger partial charge is 0.0653 e. The molecule has 4 atom stereocenters. The van der Waals surface area contributed by atoms with Gasteiger partial charge in [-0.05, 0) is 168 Å². The second kappa shape index (κ2) is 11.0. The maximum absolute atomic E-state index is 2.81. The molecule has 0 aromatic heterocycles. The second-order valence-corrected chi connectivity index (χ2v) is 20.0. The predicted octanol–water partition coefficient (Wildman–Crippen LogP) is 17.0. The third-order valence-corrected chi connectivity index (χ3v) is 18.1. The molecule has 12 aromatic rings. The average molecular weight is 793 g/mol.